The van der Waals surface area contributed by atoms with Crippen LogP contribution < -0.4 is 10.7 Å². The highest BCUT2D eigenvalue weighted by Gasteiger charge is 2.37. The number of benzene rings is 2. The van der Waals surface area contributed by atoms with Crippen LogP contribution in [0.15, 0.2) is 53.7 Å². The summed E-state index contributed by atoms with van der Waals surface area (Å²) in [6, 6.07) is 13.5. The normalized spacial score (nSPS) is 18.0. The molecule has 2 heterocycles. The summed E-state index contributed by atoms with van der Waals surface area (Å²) in [5, 5.41) is 11.7. The Balaban J connectivity index is 1.67. The smallest absolute Gasteiger partial charge is 0.240 e. The van der Waals surface area contributed by atoms with Crippen molar-refractivity contribution in [2.24, 2.45) is 0 Å². The van der Waals surface area contributed by atoms with Gasteiger partial charge in [0, 0.05) is 12.1 Å². The minimum atomic E-state index is -0.494. The van der Waals surface area contributed by atoms with Crippen LogP contribution in [0.25, 0.3) is 0 Å². The standard InChI is InChI=1S/C21H22FN5OS/c1-3-6-17-24-25-21-27(17)26-18(14-9-11-15(22)12-10-14)19(29-21)20(28)23-16-8-5-4-7-13(16)2/h4-5,7-12,18-19,26H,3,6H2,1-2H3,(H,23,28)/t18-,19+/m1/s1. The molecule has 0 saturated carbocycles. The van der Waals surface area contributed by atoms with Gasteiger partial charge in [0.25, 0.3) is 0 Å². The van der Waals surface area contributed by atoms with Gasteiger partial charge in [0.2, 0.25) is 11.1 Å². The summed E-state index contributed by atoms with van der Waals surface area (Å²) >= 11 is 1.37. The third kappa shape index (κ3) is 3.98. The van der Waals surface area contributed by atoms with Crippen molar-refractivity contribution in [1.82, 2.24) is 14.9 Å². The highest BCUT2D eigenvalue weighted by molar-refractivity contribution is 8.00. The summed E-state index contributed by atoms with van der Waals surface area (Å²) in [5.74, 6) is 0.368. The second-order valence-electron chi connectivity index (χ2n) is 6.99. The average Bonchev–Trinajstić information content (AvgIpc) is 3.11. The number of amides is 1. The predicted molar refractivity (Wildman–Crippen MR) is 112 cm³/mol. The fourth-order valence-corrected chi connectivity index (χ4v) is 4.42. The number of anilines is 1. The van der Waals surface area contributed by atoms with Crippen LogP contribution in [-0.2, 0) is 11.2 Å². The number of nitrogens with one attached hydrogen (secondary N) is 2. The highest BCUT2D eigenvalue weighted by atomic mass is 32.2. The van der Waals surface area contributed by atoms with Crippen LogP contribution in [0.4, 0.5) is 10.1 Å². The largest absolute Gasteiger partial charge is 0.325 e. The number of hydrogen-bond acceptors (Lipinski definition) is 5. The Bertz CT molecular complexity index is 1020. The number of rotatable bonds is 5. The highest BCUT2D eigenvalue weighted by Crippen LogP contribution is 2.37. The monoisotopic (exact) mass is 411 g/mol. The summed E-state index contributed by atoms with van der Waals surface area (Å²) in [6.07, 6.45) is 1.71. The maximum atomic E-state index is 13.5. The lowest BCUT2D eigenvalue weighted by atomic mass is 10.0. The number of aromatic nitrogens is 3. The molecular weight excluding hydrogens is 389 g/mol. The molecule has 1 aliphatic rings. The van der Waals surface area contributed by atoms with Crippen LogP contribution in [0.5, 0.6) is 0 Å². The van der Waals surface area contributed by atoms with E-state index in [0.717, 1.165) is 35.5 Å². The van der Waals surface area contributed by atoms with Gasteiger partial charge in [0.1, 0.15) is 11.1 Å². The summed E-state index contributed by atoms with van der Waals surface area (Å²) in [7, 11) is 0. The van der Waals surface area contributed by atoms with E-state index < -0.39 is 5.25 Å². The van der Waals surface area contributed by atoms with Crippen molar-refractivity contribution in [2.45, 2.75) is 43.1 Å². The van der Waals surface area contributed by atoms with Crippen molar-refractivity contribution < 1.29 is 9.18 Å². The molecule has 0 spiro atoms. The van der Waals surface area contributed by atoms with Gasteiger partial charge < -0.3 is 10.7 Å². The predicted octanol–water partition coefficient (Wildman–Crippen LogP) is 4.08. The first-order chi connectivity index (χ1) is 14.1. The van der Waals surface area contributed by atoms with E-state index in [1.807, 2.05) is 35.9 Å². The zero-order chi connectivity index (χ0) is 20.4. The van der Waals surface area contributed by atoms with Gasteiger partial charge >= 0.3 is 0 Å². The van der Waals surface area contributed by atoms with Crippen LogP contribution in [0, 0.1) is 12.7 Å². The number of carbonyl (C=O) groups is 1. The molecule has 1 aliphatic heterocycles. The number of hydrogen-bond donors (Lipinski definition) is 2. The summed E-state index contributed by atoms with van der Waals surface area (Å²) in [6.45, 7) is 4.03. The van der Waals surface area contributed by atoms with E-state index in [2.05, 4.69) is 27.9 Å². The topological polar surface area (TPSA) is 71.8 Å². The minimum Gasteiger partial charge on any atom is -0.325 e. The molecule has 1 amide bonds. The van der Waals surface area contributed by atoms with E-state index >= 15 is 0 Å². The lowest BCUT2D eigenvalue weighted by Crippen LogP contribution is -2.41. The van der Waals surface area contributed by atoms with E-state index in [1.165, 1.54) is 23.9 Å². The molecular formula is C21H22FN5OS. The molecule has 2 atom stereocenters. The Morgan fingerprint density at radius 1 is 1.21 bits per heavy atom. The van der Waals surface area contributed by atoms with Crippen molar-refractivity contribution >= 4 is 23.4 Å². The molecule has 0 saturated heterocycles. The zero-order valence-electron chi connectivity index (χ0n) is 16.2. The molecule has 29 heavy (non-hydrogen) atoms. The van der Waals surface area contributed by atoms with Crippen LogP contribution in [-0.4, -0.2) is 26.0 Å². The number of thioether (sulfide) groups is 1. The van der Waals surface area contributed by atoms with Crippen molar-refractivity contribution in [3.8, 4) is 0 Å². The van der Waals surface area contributed by atoms with Gasteiger partial charge in [-0.2, -0.15) is 0 Å². The lowest BCUT2D eigenvalue weighted by Gasteiger charge is -2.33. The Labute approximate surface area is 172 Å². The maximum absolute atomic E-state index is 13.5. The number of aryl methyl sites for hydroxylation is 2. The van der Waals surface area contributed by atoms with Gasteiger partial charge in [-0.15, -0.1) is 10.2 Å². The van der Waals surface area contributed by atoms with E-state index in [1.54, 1.807) is 12.1 Å². The maximum Gasteiger partial charge on any atom is 0.240 e. The van der Waals surface area contributed by atoms with Crippen molar-refractivity contribution in [1.29, 1.82) is 0 Å². The van der Waals surface area contributed by atoms with Crippen LogP contribution in [0.1, 0.15) is 36.3 Å². The molecule has 0 radical (unpaired) electrons. The Morgan fingerprint density at radius 3 is 2.69 bits per heavy atom. The molecule has 2 N–H and O–H groups in total. The van der Waals surface area contributed by atoms with Crippen LogP contribution in [0.3, 0.4) is 0 Å². The molecule has 150 valence electrons. The number of nitrogens with zero attached hydrogens (tertiary/aromatic N) is 3. The molecule has 0 fully saturated rings. The SMILES string of the molecule is CCCc1nnc2n1N[C@H](c1ccc(F)cc1)[C@@H](C(=O)Nc1ccccc1C)S2. The summed E-state index contributed by atoms with van der Waals surface area (Å²) < 4.78 is 15.3. The van der Waals surface area contributed by atoms with Gasteiger partial charge in [-0.05, 0) is 42.7 Å². The minimum absolute atomic E-state index is 0.141. The second-order valence-corrected chi connectivity index (χ2v) is 8.09. The summed E-state index contributed by atoms with van der Waals surface area (Å²) in [5.41, 5.74) is 5.97. The molecule has 0 bridgehead atoms. The molecule has 6 nitrogen and oxygen atoms in total. The van der Waals surface area contributed by atoms with Gasteiger partial charge in [0.15, 0.2) is 5.82 Å². The molecule has 3 aromatic rings. The number of para-hydroxylation sites is 1. The fraction of sp³-hybridized carbons (Fsp3) is 0.286. The third-order valence-electron chi connectivity index (χ3n) is 4.87. The zero-order valence-corrected chi connectivity index (χ0v) is 17.0. The van der Waals surface area contributed by atoms with Crippen molar-refractivity contribution in [3.05, 3.63) is 71.3 Å². The summed E-state index contributed by atoms with van der Waals surface area (Å²) in [4.78, 5) is 13.2. The molecule has 8 heteroatoms. The quantitative estimate of drug-likeness (QED) is 0.662. The molecule has 2 aromatic carbocycles. The van der Waals surface area contributed by atoms with E-state index in [0.29, 0.717) is 5.16 Å². The van der Waals surface area contributed by atoms with Crippen LogP contribution >= 0.6 is 11.8 Å². The van der Waals surface area contributed by atoms with Crippen molar-refractivity contribution in [2.75, 3.05) is 10.7 Å². The first-order valence-electron chi connectivity index (χ1n) is 9.56. The number of fused-ring (bicyclic) bond motifs is 1. The fourth-order valence-electron chi connectivity index (χ4n) is 3.32. The first-order valence-corrected chi connectivity index (χ1v) is 10.4. The molecule has 4 rings (SSSR count). The van der Waals surface area contributed by atoms with Gasteiger partial charge in [-0.25, -0.2) is 9.07 Å². The molecule has 1 aromatic heterocycles. The average molecular weight is 412 g/mol. The Morgan fingerprint density at radius 2 is 1.97 bits per heavy atom. The lowest BCUT2D eigenvalue weighted by molar-refractivity contribution is -0.116. The Kier molecular flexibility index (Phi) is 5.53. The van der Waals surface area contributed by atoms with Crippen LogP contribution in [0.2, 0.25) is 0 Å². The Hall–Kier alpha value is -2.87. The second kappa shape index (κ2) is 8.24. The van der Waals surface area contributed by atoms with E-state index in [9.17, 15) is 9.18 Å². The van der Waals surface area contributed by atoms with Gasteiger partial charge in [-0.3, -0.25) is 4.79 Å². The molecule has 0 aliphatic carbocycles. The van der Waals surface area contributed by atoms with Gasteiger partial charge in [0.05, 0.1) is 6.04 Å². The van der Waals surface area contributed by atoms with E-state index in [-0.39, 0.29) is 17.8 Å². The first kappa shape index (κ1) is 19.4. The van der Waals surface area contributed by atoms with Gasteiger partial charge in [-0.1, -0.05) is 49.0 Å². The van der Waals surface area contributed by atoms with E-state index in [4.69, 9.17) is 0 Å². The molecule has 0 unspecified atom stereocenters. The van der Waals surface area contributed by atoms with Crippen molar-refractivity contribution in [3.63, 3.8) is 0 Å². The third-order valence-corrected chi connectivity index (χ3v) is 6.08. The number of carbonyl (C=O) groups excluding carboxylic acids is 1. The number of halogens is 1.